The maximum absolute atomic E-state index is 10.4. The molecule has 4 fully saturated rings. The third kappa shape index (κ3) is 2.88. The molecule has 2 heterocycles. The van der Waals surface area contributed by atoms with Crippen molar-refractivity contribution < 1.29 is 14.9 Å². The van der Waals surface area contributed by atoms with Crippen LogP contribution >= 0.6 is 0 Å². The molecule has 1 saturated heterocycles. The largest absolute Gasteiger partial charge is 0.393 e. The highest BCUT2D eigenvalue weighted by Crippen LogP contribution is 2.72. The van der Waals surface area contributed by atoms with Gasteiger partial charge in [0.05, 0.1) is 6.10 Å². The smallest absolute Gasteiger partial charge is 0.130 e. The van der Waals surface area contributed by atoms with Crippen molar-refractivity contribution >= 4 is 0 Å². The summed E-state index contributed by atoms with van der Waals surface area (Å²) in [4.78, 5) is 12.8. The molecule has 3 nitrogen and oxygen atoms in total. The Labute approximate surface area is 189 Å². The summed E-state index contributed by atoms with van der Waals surface area (Å²) in [6, 6.07) is 0. The third-order valence-electron chi connectivity index (χ3n) is 11.1. The molecule has 6 aliphatic rings. The molecule has 0 unspecified atom stereocenters. The average molecular weight is 429 g/mol. The van der Waals surface area contributed by atoms with Crippen molar-refractivity contribution in [1.82, 2.24) is 0 Å². The van der Waals surface area contributed by atoms with E-state index < -0.39 is 5.60 Å². The second kappa shape index (κ2) is 7.18. The molecule has 4 aliphatic carbocycles. The van der Waals surface area contributed by atoms with Crippen LogP contribution in [0.25, 0.3) is 0 Å². The quantitative estimate of drug-likeness (QED) is 0.412. The second-order valence-corrected chi connectivity index (χ2v) is 12.7. The van der Waals surface area contributed by atoms with E-state index in [1.807, 2.05) is 0 Å². The van der Waals surface area contributed by atoms with Crippen LogP contribution in [0.5, 0.6) is 0 Å². The predicted molar refractivity (Wildman–Crippen MR) is 124 cm³/mol. The van der Waals surface area contributed by atoms with Crippen LogP contribution in [0.1, 0.15) is 86.5 Å². The Morgan fingerprint density at radius 3 is 2.35 bits per heavy atom. The molecule has 0 aromatic heterocycles. The maximum atomic E-state index is 10.4. The zero-order chi connectivity index (χ0) is 22.2. The lowest BCUT2D eigenvalue weighted by atomic mass is 9.43. The van der Waals surface area contributed by atoms with Crippen molar-refractivity contribution in [3.05, 3.63) is 24.3 Å². The lowest BCUT2D eigenvalue weighted by molar-refractivity contribution is -0.497. The van der Waals surface area contributed by atoms with Crippen LogP contribution < -0.4 is 0 Å². The van der Waals surface area contributed by atoms with Crippen molar-refractivity contribution in [1.29, 1.82) is 0 Å². The van der Waals surface area contributed by atoms with Crippen LogP contribution in [0.3, 0.4) is 0 Å². The van der Waals surface area contributed by atoms with E-state index in [4.69, 9.17) is 9.78 Å². The first-order chi connectivity index (χ1) is 14.6. The minimum atomic E-state index is -0.439. The van der Waals surface area contributed by atoms with Crippen molar-refractivity contribution in [2.24, 2.45) is 46.3 Å². The van der Waals surface area contributed by atoms with Crippen LogP contribution in [0, 0.1) is 46.3 Å². The molecule has 2 bridgehead atoms. The minimum absolute atomic E-state index is 0.0663. The Morgan fingerprint density at radius 1 is 0.903 bits per heavy atom. The maximum Gasteiger partial charge on any atom is 0.130 e. The summed E-state index contributed by atoms with van der Waals surface area (Å²) in [6.45, 7) is 14.4. The summed E-state index contributed by atoms with van der Waals surface area (Å²) >= 11 is 0. The number of allylic oxidation sites excluding steroid dienone is 2. The summed E-state index contributed by atoms with van der Waals surface area (Å²) in [6.07, 6.45) is 17.0. The molecular weight excluding hydrogens is 384 g/mol. The van der Waals surface area contributed by atoms with E-state index in [-0.39, 0.29) is 22.5 Å². The number of rotatable bonds is 4. The number of hydrogen-bond acceptors (Lipinski definition) is 3. The summed E-state index contributed by atoms with van der Waals surface area (Å²) in [5, 5.41) is 10.4. The summed E-state index contributed by atoms with van der Waals surface area (Å²) in [5.41, 5.74) is -0.366. The highest BCUT2D eigenvalue weighted by Gasteiger charge is 2.74. The van der Waals surface area contributed by atoms with Crippen LogP contribution in [0.4, 0.5) is 0 Å². The van der Waals surface area contributed by atoms with Gasteiger partial charge in [0.2, 0.25) is 0 Å². The molecule has 174 valence electrons. The highest BCUT2D eigenvalue weighted by atomic mass is 17.2. The molecule has 6 rings (SSSR count). The first-order valence-electron chi connectivity index (χ1n) is 13.0. The number of aliphatic hydroxyl groups is 1. The molecule has 0 amide bonds. The van der Waals surface area contributed by atoms with Gasteiger partial charge < -0.3 is 5.11 Å². The molecule has 0 radical (unpaired) electrons. The first-order valence-corrected chi connectivity index (χ1v) is 13.0. The van der Waals surface area contributed by atoms with Gasteiger partial charge in [0.15, 0.2) is 0 Å². The van der Waals surface area contributed by atoms with Gasteiger partial charge in [-0.1, -0.05) is 59.8 Å². The fourth-order valence-electron chi connectivity index (χ4n) is 8.71. The van der Waals surface area contributed by atoms with Crippen LogP contribution in [-0.4, -0.2) is 22.4 Å². The van der Waals surface area contributed by atoms with Gasteiger partial charge in [0.1, 0.15) is 11.2 Å². The van der Waals surface area contributed by atoms with E-state index in [1.54, 1.807) is 0 Å². The van der Waals surface area contributed by atoms with E-state index in [0.29, 0.717) is 41.9 Å². The Balaban J connectivity index is 1.45. The Kier molecular flexibility index (Phi) is 5.13. The summed E-state index contributed by atoms with van der Waals surface area (Å²) < 4.78 is 0. The molecule has 1 N–H and O–H groups in total. The normalized spacial score (nSPS) is 52.8. The first kappa shape index (κ1) is 22.2. The van der Waals surface area contributed by atoms with Crippen LogP contribution in [0.2, 0.25) is 0 Å². The van der Waals surface area contributed by atoms with Crippen molar-refractivity contribution in [3.63, 3.8) is 0 Å². The second-order valence-electron chi connectivity index (χ2n) is 12.7. The number of hydrogen-bond donors (Lipinski definition) is 1. The Hall–Kier alpha value is -0.640. The van der Waals surface area contributed by atoms with Crippen LogP contribution in [-0.2, 0) is 9.78 Å². The summed E-state index contributed by atoms with van der Waals surface area (Å²) in [7, 11) is 0. The topological polar surface area (TPSA) is 38.7 Å². The highest BCUT2D eigenvalue weighted by molar-refractivity contribution is 5.33. The van der Waals surface area contributed by atoms with Gasteiger partial charge in [-0.3, -0.25) is 0 Å². The molecule has 0 aromatic rings. The molecule has 10 atom stereocenters. The zero-order valence-electron chi connectivity index (χ0n) is 20.6. The minimum Gasteiger partial charge on any atom is -0.393 e. The van der Waals surface area contributed by atoms with Crippen molar-refractivity contribution in [3.8, 4) is 0 Å². The SMILES string of the molecule is CC(C)[C@@H](C)/C=C/[C@@H](C)[C@@H]1CC[C@H]2[C@]1(C)CC[C@H]1[C@]23C=C[C@]2(C[C@@H](O)CC[C@]12C)OO3. The van der Waals surface area contributed by atoms with Crippen LogP contribution in [0.15, 0.2) is 24.3 Å². The van der Waals surface area contributed by atoms with Gasteiger partial charge in [0, 0.05) is 23.7 Å². The van der Waals surface area contributed by atoms with Crippen molar-refractivity contribution in [2.45, 2.75) is 104 Å². The Morgan fingerprint density at radius 2 is 1.68 bits per heavy atom. The van der Waals surface area contributed by atoms with E-state index in [2.05, 4.69) is 65.8 Å². The molecule has 31 heavy (non-hydrogen) atoms. The monoisotopic (exact) mass is 428 g/mol. The standard InChI is InChI=1S/C28H44O3/c1-18(2)19(3)7-8-20(4)22-9-10-23-25(22,5)13-12-24-26(6)14-11-21(29)17-27(26)15-16-28(23,24)31-30-27/h7-8,15-16,18-24,29H,9-14,17H2,1-6H3/b8-7+/t19-,20+,21-,22-,23-,24+,25+,26+,27+,28-/m0/s1. The fourth-order valence-corrected chi connectivity index (χ4v) is 8.71. The van der Waals surface area contributed by atoms with Gasteiger partial charge in [-0.05, 0) is 73.7 Å². The molecule has 3 heteroatoms. The zero-order valence-corrected chi connectivity index (χ0v) is 20.6. The van der Waals surface area contributed by atoms with E-state index in [0.717, 1.165) is 12.8 Å². The lowest BCUT2D eigenvalue weighted by Gasteiger charge is -2.69. The fraction of sp³-hybridized carbons (Fsp3) is 0.857. The Bertz CT molecular complexity index is 772. The van der Waals surface area contributed by atoms with Gasteiger partial charge in [-0.25, -0.2) is 9.78 Å². The lowest BCUT2D eigenvalue weighted by Crippen LogP contribution is -2.73. The molecular formula is C28H44O3. The number of fused-ring (bicyclic) bond motifs is 2. The number of aliphatic hydroxyl groups excluding tert-OH is 1. The van der Waals surface area contributed by atoms with Gasteiger partial charge >= 0.3 is 0 Å². The molecule has 3 saturated carbocycles. The van der Waals surface area contributed by atoms with Crippen molar-refractivity contribution in [2.75, 3.05) is 0 Å². The average Bonchev–Trinajstić information content (AvgIpc) is 3.09. The van der Waals surface area contributed by atoms with E-state index >= 15 is 0 Å². The third-order valence-corrected chi connectivity index (χ3v) is 11.1. The summed E-state index contributed by atoms with van der Waals surface area (Å²) in [5.74, 6) is 3.64. The van der Waals surface area contributed by atoms with E-state index in [9.17, 15) is 5.11 Å². The molecule has 2 aliphatic heterocycles. The van der Waals surface area contributed by atoms with Gasteiger partial charge in [-0.15, -0.1) is 0 Å². The predicted octanol–water partition coefficient (Wildman–Crippen LogP) is 6.47. The van der Waals surface area contributed by atoms with E-state index in [1.165, 1.54) is 25.7 Å². The molecule has 2 spiro atoms. The molecule has 0 aromatic carbocycles. The van der Waals surface area contributed by atoms with Gasteiger partial charge in [0.25, 0.3) is 0 Å². The van der Waals surface area contributed by atoms with Gasteiger partial charge in [-0.2, -0.15) is 0 Å².